The van der Waals surface area contributed by atoms with Crippen molar-refractivity contribution in [2.75, 3.05) is 0 Å². The van der Waals surface area contributed by atoms with Crippen molar-refractivity contribution in [1.82, 2.24) is 0 Å². The molecular weight excluding hydrogens is 134 g/mol. The molecule has 0 N–H and O–H groups in total. The van der Waals surface area contributed by atoms with Crippen LogP contribution in [0.25, 0.3) is 0 Å². The van der Waals surface area contributed by atoms with Crippen LogP contribution in [0.4, 0.5) is 4.39 Å². The monoisotopic (exact) mass is 140 g/mol. The molecule has 10 heavy (non-hydrogen) atoms. The van der Waals surface area contributed by atoms with Crippen molar-refractivity contribution >= 4 is 18.2 Å². The van der Waals surface area contributed by atoms with E-state index in [9.17, 15) is 14.0 Å². The van der Waals surface area contributed by atoms with Crippen molar-refractivity contribution in [2.45, 2.75) is 12.7 Å². The van der Waals surface area contributed by atoms with Crippen molar-refractivity contribution in [1.29, 1.82) is 0 Å². The van der Waals surface area contributed by atoms with E-state index >= 15 is 0 Å². The zero-order valence-corrected chi connectivity index (χ0v) is 5.39. The molecule has 0 aromatic rings. The zero-order valence-electron chi connectivity index (χ0n) is 5.39. The van der Waals surface area contributed by atoms with Gasteiger partial charge in [0.25, 0.3) is 0 Å². The second kappa shape index (κ2) is 2.36. The summed E-state index contributed by atoms with van der Waals surface area (Å²) in [5.41, 5.74) is -1.30. The summed E-state index contributed by atoms with van der Waals surface area (Å²) < 4.78 is 12.3. The molecule has 1 rings (SSSR count). The van der Waals surface area contributed by atoms with Crippen LogP contribution >= 0.6 is 0 Å². The first kappa shape index (κ1) is 7.19. The minimum absolute atomic E-state index is 0.173. The second-order valence-electron chi connectivity index (χ2n) is 2.33. The fourth-order valence-electron chi connectivity index (χ4n) is 1.02. The van der Waals surface area contributed by atoms with Gasteiger partial charge in [-0.1, -0.05) is 12.9 Å². The topological polar surface area (TPSA) is 34.1 Å². The Bertz CT molecular complexity index is 212. The van der Waals surface area contributed by atoms with E-state index in [0.29, 0.717) is 6.32 Å². The van der Waals surface area contributed by atoms with Gasteiger partial charge >= 0.3 is 6.71 Å². The number of ketones is 1. The molecule has 1 aliphatic heterocycles. The third-order valence-corrected chi connectivity index (χ3v) is 1.63. The van der Waals surface area contributed by atoms with E-state index in [0.717, 1.165) is 0 Å². The third kappa shape index (κ3) is 1.01. The summed E-state index contributed by atoms with van der Waals surface area (Å²) >= 11 is 0. The summed E-state index contributed by atoms with van der Waals surface area (Å²) in [4.78, 5) is 21.2. The van der Waals surface area contributed by atoms with E-state index < -0.39 is 23.9 Å². The van der Waals surface area contributed by atoms with E-state index in [4.69, 9.17) is 0 Å². The summed E-state index contributed by atoms with van der Waals surface area (Å²) in [6.07, 6.45) is 0.472. The smallest absolute Gasteiger partial charge is 0.302 e. The highest BCUT2D eigenvalue weighted by molar-refractivity contribution is 7.06. The lowest BCUT2D eigenvalue weighted by molar-refractivity contribution is -0.131. The maximum Gasteiger partial charge on any atom is 0.302 e. The lowest BCUT2D eigenvalue weighted by Crippen LogP contribution is -2.23. The Morgan fingerprint density at radius 1 is 1.60 bits per heavy atom. The minimum Gasteiger partial charge on any atom is -0.302 e. The molecule has 0 unspecified atom stereocenters. The average molecular weight is 140 g/mol. The normalized spacial score (nSPS) is 18.3. The van der Waals surface area contributed by atoms with Crippen LogP contribution in [0.1, 0.15) is 6.42 Å². The number of Topliss-reactive ketones (excluding diaryl/α,β-unsaturated/α-hetero) is 1. The Labute approximate surface area is 58.2 Å². The molecule has 0 aliphatic carbocycles. The quantitative estimate of drug-likeness (QED) is 0.394. The van der Waals surface area contributed by atoms with Crippen LogP contribution in [0.5, 0.6) is 0 Å². The molecule has 1 heterocycles. The Balaban J connectivity index is 2.76. The number of hydrogen-bond acceptors (Lipinski definition) is 2. The number of halogens is 1. The number of carbonyl (C=O) groups is 2. The molecule has 0 aromatic carbocycles. The standard InChI is InChI=1S/C6H6BFO2/c1-4(8)7-3-2-5(9)6(7)10/h1-3H2. The fraction of sp³-hybridized carbons (Fsp3) is 0.333. The molecule has 0 bridgehead atoms. The molecule has 0 atom stereocenters. The van der Waals surface area contributed by atoms with Gasteiger partial charge in [0.05, 0.1) is 5.73 Å². The highest BCUT2D eigenvalue weighted by Crippen LogP contribution is 2.17. The molecule has 0 amide bonds. The van der Waals surface area contributed by atoms with Crippen LogP contribution in [0.15, 0.2) is 12.3 Å². The van der Waals surface area contributed by atoms with Gasteiger partial charge in [0.15, 0.2) is 11.5 Å². The largest absolute Gasteiger partial charge is 0.302 e. The first-order valence-corrected chi connectivity index (χ1v) is 3.04. The molecule has 1 aliphatic rings. The summed E-state index contributed by atoms with van der Waals surface area (Å²) in [6, 6.07) is 0. The van der Waals surface area contributed by atoms with Crippen LogP contribution in [0.3, 0.4) is 0 Å². The van der Waals surface area contributed by atoms with Gasteiger partial charge in [0.1, 0.15) is 0 Å². The first-order chi connectivity index (χ1) is 4.63. The molecule has 0 aromatic heterocycles. The molecule has 1 fully saturated rings. The highest BCUT2D eigenvalue weighted by Gasteiger charge is 2.38. The fourth-order valence-corrected chi connectivity index (χ4v) is 1.02. The maximum absolute atomic E-state index is 12.3. The lowest BCUT2D eigenvalue weighted by atomic mass is 9.47. The molecule has 0 saturated carbocycles. The molecule has 1 saturated heterocycles. The van der Waals surface area contributed by atoms with Gasteiger partial charge < -0.3 is 4.79 Å². The van der Waals surface area contributed by atoms with E-state index in [2.05, 4.69) is 6.58 Å². The molecule has 52 valence electrons. The molecule has 0 radical (unpaired) electrons. The van der Waals surface area contributed by atoms with Crippen molar-refractivity contribution < 1.29 is 14.0 Å². The SMILES string of the molecule is C=C(F)B1CCC(=O)C1=O. The average Bonchev–Trinajstić information content (AvgIpc) is 2.14. The number of rotatable bonds is 1. The van der Waals surface area contributed by atoms with Crippen LogP contribution in [0, 0.1) is 0 Å². The van der Waals surface area contributed by atoms with Gasteiger partial charge in [-0.05, 0) is 0 Å². The van der Waals surface area contributed by atoms with Crippen molar-refractivity contribution in [2.24, 2.45) is 0 Å². The summed E-state index contributed by atoms with van der Waals surface area (Å²) in [5.74, 6) is -0.469. The molecule has 0 spiro atoms. The Morgan fingerprint density at radius 3 is 2.40 bits per heavy atom. The van der Waals surface area contributed by atoms with Gasteiger partial charge in [-0.15, -0.1) is 0 Å². The van der Waals surface area contributed by atoms with E-state index in [1.54, 1.807) is 0 Å². The van der Waals surface area contributed by atoms with Crippen molar-refractivity contribution in [3.8, 4) is 0 Å². The Morgan fingerprint density at radius 2 is 2.20 bits per heavy atom. The van der Waals surface area contributed by atoms with Gasteiger partial charge in [-0.3, -0.25) is 4.79 Å². The Kier molecular flexibility index (Phi) is 1.70. The van der Waals surface area contributed by atoms with Gasteiger partial charge in [0, 0.05) is 6.42 Å². The Hall–Kier alpha value is -0.925. The van der Waals surface area contributed by atoms with Crippen LogP contribution in [-0.2, 0) is 9.59 Å². The number of hydrogen-bond donors (Lipinski definition) is 0. The lowest BCUT2D eigenvalue weighted by Gasteiger charge is -1.93. The van der Waals surface area contributed by atoms with Crippen molar-refractivity contribution in [3.05, 3.63) is 12.3 Å². The molecular formula is C6H6BFO2. The third-order valence-electron chi connectivity index (χ3n) is 1.63. The van der Waals surface area contributed by atoms with Crippen LogP contribution in [-0.4, -0.2) is 18.2 Å². The van der Waals surface area contributed by atoms with Crippen LogP contribution < -0.4 is 0 Å². The summed E-state index contributed by atoms with van der Waals surface area (Å²) in [7, 11) is 0. The summed E-state index contributed by atoms with van der Waals surface area (Å²) in [6.45, 7) is 2.14. The second-order valence-corrected chi connectivity index (χ2v) is 2.33. The first-order valence-electron chi connectivity index (χ1n) is 3.04. The zero-order chi connectivity index (χ0) is 7.72. The summed E-state index contributed by atoms with van der Waals surface area (Å²) in [5, 5.41) is 0. The van der Waals surface area contributed by atoms with Gasteiger partial charge in [0.2, 0.25) is 0 Å². The van der Waals surface area contributed by atoms with Crippen LogP contribution in [0.2, 0.25) is 6.32 Å². The predicted molar refractivity (Wildman–Crippen MR) is 35.4 cm³/mol. The predicted octanol–water partition coefficient (Wildman–Crippen LogP) is 0.585. The maximum atomic E-state index is 12.3. The van der Waals surface area contributed by atoms with Gasteiger partial charge in [-0.2, -0.15) is 0 Å². The highest BCUT2D eigenvalue weighted by atomic mass is 19.1. The number of carbonyl (C=O) groups excluding carboxylic acids is 2. The van der Waals surface area contributed by atoms with Crippen molar-refractivity contribution in [3.63, 3.8) is 0 Å². The molecule has 2 nitrogen and oxygen atoms in total. The minimum atomic E-state index is -0.840. The molecule has 4 heteroatoms. The van der Waals surface area contributed by atoms with Gasteiger partial charge in [-0.25, -0.2) is 4.39 Å². The van der Waals surface area contributed by atoms with E-state index in [1.165, 1.54) is 0 Å². The van der Waals surface area contributed by atoms with E-state index in [1.807, 2.05) is 0 Å². The van der Waals surface area contributed by atoms with E-state index in [-0.39, 0.29) is 6.42 Å².